The molecule has 0 radical (unpaired) electrons. The van der Waals surface area contributed by atoms with Crippen LogP contribution in [0.5, 0.6) is 5.75 Å². The highest BCUT2D eigenvalue weighted by Crippen LogP contribution is 2.14. The first-order chi connectivity index (χ1) is 14.1. The van der Waals surface area contributed by atoms with Gasteiger partial charge in [-0.05, 0) is 61.4 Å². The topological polar surface area (TPSA) is 56.5 Å². The molecule has 0 unspecified atom stereocenters. The van der Waals surface area contributed by atoms with Gasteiger partial charge in [-0.25, -0.2) is 4.98 Å². The van der Waals surface area contributed by atoms with Crippen molar-refractivity contribution in [3.05, 3.63) is 106 Å². The quantitative estimate of drug-likeness (QED) is 0.478. The molecular weight excluding hydrogens is 362 g/mol. The third-order valence-corrected chi connectivity index (χ3v) is 4.64. The van der Waals surface area contributed by atoms with Crippen LogP contribution in [-0.2, 0) is 6.61 Å². The number of hydrogen-bond acceptors (Lipinski definition) is 4. The average Bonchev–Trinajstić information content (AvgIpc) is 2.74. The van der Waals surface area contributed by atoms with E-state index >= 15 is 0 Å². The van der Waals surface area contributed by atoms with Crippen LogP contribution < -0.4 is 10.3 Å². The molecule has 0 aliphatic carbocycles. The van der Waals surface area contributed by atoms with Crippen molar-refractivity contribution in [2.24, 2.45) is 5.10 Å². The van der Waals surface area contributed by atoms with Gasteiger partial charge in [-0.3, -0.25) is 4.79 Å². The minimum atomic E-state index is -0.178. The van der Waals surface area contributed by atoms with Crippen molar-refractivity contribution < 1.29 is 4.74 Å². The Hall–Kier alpha value is -3.73. The third-order valence-electron chi connectivity index (χ3n) is 4.64. The second-order valence-corrected chi connectivity index (χ2v) is 6.88. The fraction of sp³-hybridized carbons (Fsp3) is 0.125. The zero-order valence-corrected chi connectivity index (χ0v) is 16.4. The molecule has 0 aliphatic heterocycles. The SMILES string of the molecule is Cc1ccc(COc2ccc(/C=N/n3c(C)nc4ccccc4c3=O)cc2)cc1. The molecule has 0 spiro atoms. The number of ether oxygens (including phenoxy) is 1. The van der Waals surface area contributed by atoms with Gasteiger partial charge in [0.05, 0.1) is 17.1 Å². The van der Waals surface area contributed by atoms with E-state index in [1.807, 2.05) is 42.5 Å². The molecule has 0 fully saturated rings. The molecule has 0 aliphatic rings. The molecule has 0 saturated heterocycles. The summed E-state index contributed by atoms with van der Waals surface area (Å²) < 4.78 is 7.15. The van der Waals surface area contributed by atoms with Crippen LogP contribution in [0.4, 0.5) is 0 Å². The van der Waals surface area contributed by atoms with Crippen LogP contribution in [0.15, 0.2) is 82.7 Å². The summed E-state index contributed by atoms with van der Waals surface area (Å²) in [6.07, 6.45) is 1.65. The number of nitrogens with zero attached hydrogens (tertiary/aromatic N) is 3. The zero-order chi connectivity index (χ0) is 20.2. The molecule has 3 aromatic carbocycles. The van der Waals surface area contributed by atoms with E-state index < -0.39 is 0 Å². The molecule has 1 aromatic heterocycles. The molecular formula is C24H21N3O2. The summed E-state index contributed by atoms with van der Waals surface area (Å²) in [7, 11) is 0. The number of aryl methyl sites for hydroxylation is 2. The summed E-state index contributed by atoms with van der Waals surface area (Å²) in [6.45, 7) is 4.35. The maximum absolute atomic E-state index is 12.7. The first kappa shape index (κ1) is 18.6. The lowest BCUT2D eigenvalue weighted by molar-refractivity contribution is 0.306. The van der Waals surface area contributed by atoms with Crippen molar-refractivity contribution >= 4 is 17.1 Å². The zero-order valence-electron chi connectivity index (χ0n) is 16.4. The van der Waals surface area contributed by atoms with E-state index in [0.29, 0.717) is 23.3 Å². The van der Waals surface area contributed by atoms with Crippen LogP contribution in [0.2, 0.25) is 0 Å². The monoisotopic (exact) mass is 383 g/mol. The summed E-state index contributed by atoms with van der Waals surface area (Å²) in [5.74, 6) is 1.33. The van der Waals surface area contributed by atoms with E-state index in [-0.39, 0.29) is 5.56 Å². The van der Waals surface area contributed by atoms with Crippen LogP contribution in [0, 0.1) is 13.8 Å². The van der Waals surface area contributed by atoms with E-state index in [1.165, 1.54) is 10.2 Å². The molecule has 144 valence electrons. The van der Waals surface area contributed by atoms with Crippen molar-refractivity contribution in [3.8, 4) is 5.75 Å². The molecule has 0 amide bonds. The molecule has 4 aromatic rings. The lowest BCUT2D eigenvalue weighted by Crippen LogP contribution is -2.20. The summed E-state index contributed by atoms with van der Waals surface area (Å²) in [6, 6.07) is 23.1. The number of para-hydroxylation sites is 1. The Morgan fingerprint density at radius 2 is 1.69 bits per heavy atom. The standard InChI is InChI=1S/C24H21N3O2/c1-17-7-9-20(10-8-17)16-29-21-13-11-19(12-14-21)15-25-27-18(2)26-23-6-4-3-5-22(23)24(27)28/h3-15H,16H2,1-2H3/b25-15+. The van der Waals surface area contributed by atoms with E-state index in [2.05, 4.69) is 41.3 Å². The summed E-state index contributed by atoms with van der Waals surface area (Å²) >= 11 is 0. The lowest BCUT2D eigenvalue weighted by Gasteiger charge is -2.07. The highest BCUT2D eigenvalue weighted by Gasteiger charge is 2.06. The van der Waals surface area contributed by atoms with Crippen molar-refractivity contribution in [2.45, 2.75) is 20.5 Å². The van der Waals surface area contributed by atoms with Gasteiger partial charge in [0.15, 0.2) is 0 Å². The van der Waals surface area contributed by atoms with Gasteiger partial charge in [0.2, 0.25) is 0 Å². The van der Waals surface area contributed by atoms with Crippen LogP contribution in [0.3, 0.4) is 0 Å². The van der Waals surface area contributed by atoms with Crippen molar-refractivity contribution in [1.29, 1.82) is 0 Å². The van der Waals surface area contributed by atoms with E-state index in [9.17, 15) is 4.79 Å². The molecule has 4 rings (SSSR count). The van der Waals surface area contributed by atoms with Crippen LogP contribution in [0.25, 0.3) is 10.9 Å². The molecule has 29 heavy (non-hydrogen) atoms. The largest absolute Gasteiger partial charge is 0.489 e. The molecule has 0 saturated carbocycles. The van der Waals surface area contributed by atoms with Crippen LogP contribution in [-0.4, -0.2) is 15.9 Å². The second kappa shape index (κ2) is 8.10. The van der Waals surface area contributed by atoms with E-state index in [0.717, 1.165) is 16.9 Å². The number of aromatic nitrogens is 2. The minimum Gasteiger partial charge on any atom is -0.489 e. The van der Waals surface area contributed by atoms with Gasteiger partial charge in [-0.15, -0.1) is 0 Å². The van der Waals surface area contributed by atoms with Crippen molar-refractivity contribution in [1.82, 2.24) is 9.66 Å². The molecule has 0 bridgehead atoms. The Kier molecular flexibility index (Phi) is 5.20. The number of fused-ring (bicyclic) bond motifs is 1. The first-order valence-corrected chi connectivity index (χ1v) is 9.41. The highest BCUT2D eigenvalue weighted by atomic mass is 16.5. The Morgan fingerprint density at radius 3 is 2.45 bits per heavy atom. The Morgan fingerprint density at radius 1 is 0.966 bits per heavy atom. The van der Waals surface area contributed by atoms with Crippen LogP contribution >= 0.6 is 0 Å². The van der Waals surface area contributed by atoms with Crippen molar-refractivity contribution in [2.75, 3.05) is 0 Å². The van der Waals surface area contributed by atoms with Crippen molar-refractivity contribution in [3.63, 3.8) is 0 Å². The molecule has 0 N–H and O–H groups in total. The Labute approximate surface area is 168 Å². The predicted octanol–water partition coefficient (Wildman–Crippen LogP) is 4.47. The van der Waals surface area contributed by atoms with E-state index in [1.54, 1.807) is 19.2 Å². The number of benzene rings is 3. The van der Waals surface area contributed by atoms with Gasteiger partial charge in [-0.1, -0.05) is 42.0 Å². The highest BCUT2D eigenvalue weighted by molar-refractivity contribution is 5.80. The third kappa shape index (κ3) is 4.24. The summed E-state index contributed by atoms with van der Waals surface area (Å²) in [4.78, 5) is 17.1. The van der Waals surface area contributed by atoms with Gasteiger partial charge in [0, 0.05) is 0 Å². The molecule has 1 heterocycles. The van der Waals surface area contributed by atoms with Crippen LogP contribution in [0.1, 0.15) is 22.5 Å². The van der Waals surface area contributed by atoms with E-state index in [4.69, 9.17) is 4.74 Å². The average molecular weight is 383 g/mol. The summed E-state index contributed by atoms with van der Waals surface area (Å²) in [5.41, 5.74) is 3.72. The van der Waals surface area contributed by atoms with Gasteiger partial charge in [0.1, 0.15) is 18.2 Å². The normalized spacial score (nSPS) is 11.2. The van der Waals surface area contributed by atoms with Gasteiger partial charge >= 0.3 is 0 Å². The first-order valence-electron chi connectivity index (χ1n) is 9.41. The minimum absolute atomic E-state index is 0.178. The number of hydrogen-bond donors (Lipinski definition) is 0. The lowest BCUT2D eigenvalue weighted by atomic mass is 10.2. The van der Waals surface area contributed by atoms with Gasteiger partial charge < -0.3 is 4.74 Å². The molecule has 5 nitrogen and oxygen atoms in total. The Bertz CT molecular complexity index is 1220. The fourth-order valence-corrected chi connectivity index (χ4v) is 3.00. The van der Waals surface area contributed by atoms with Gasteiger partial charge in [-0.2, -0.15) is 9.78 Å². The predicted molar refractivity (Wildman–Crippen MR) is 116 cm³/mol. The number of rotatable bonds is 5. The smallest absolute Gasteiger partial charge is 0.282 e. The van der Waals surface area contributed by atoms with Gasteiger partial charge in [0.25, 0.3) is 5.56 Å². The Balaban J connectivity index is 1.49. The molecule has 0 atom stereocenters. The maximum Gasteiger partial charge on any atom is 0.282 e. The molecule has 5 heteroatoms. The second-order valence-electron chi connectivity index (χ2n) is 6.88. The maximum atomic E-state index is 12.7. The summed E-state index contributed by atoms with van der Waals surface area (Å²) in [5, 5.41) is 4.88. The fourth-order valence-electron chi connectivity index (χ4n) is 3.00.